The Morgan fingerprint density at radius 1 is 1.20 bits per heavy atom. The largest absolute Gasteiger partial charge is 0.389 e. The lowest BCUT2D eigenvalue weighted by Crippen LogP contribution is -2.59. The van der Waals surface area contributed by atoms with Crippen molar-refractivity contribution in [2.75, 3.05) is 31.6 Å². The highest BCUT2D eigenvalue weighted by Crippen LogP contribution is 2.62. The van der Waals surface area contributed by atoms with E-state index in [0.29, 0.717) is 37.2 Å². The zero-order valence-corrected chi connectivity index (χ0v) is 20.0. The molecule has 2 aliphatic heterocycles. The first-order valence-corrected chi connectivity index (χ1v) is 12.8. The summed E-state index contributed by atoms with van der Waals surface area (Å²) in [6, 6.07) is 3.59. The van der Waals surface area contributed by atoms with Gasteiger partial charge < -0.3 is 15.2 Å². The fraction of sp³-hybridized carbons (Fsp3) is 0.560. The molecule has 0 spiro atoms. The average Bonchev–Trinajstić information content (AvgIpc) is 3.40. The van der Waals surface area contributed by atoms with E-state index in [1.54, 1.807) is 6.20 Å². The molecular formula is C25H28ClFN6O2. The Morgan fingerprint density at radius 3 is 2.77 bits per heavy atom. The topological polar surface area (TPSA) is 88.3 Å². The Labute approximate surface area is 207 Å². The third kappa shape index (κ3) is 3.63. The van der Waals surface area contributed by atoms with E-state index in [1.807, 2.05) is 29.4 Å². The molecule has 0 radical (unpaired) electrons. The number of aliphatic hydroxyl groups excluding tert-OH is 1. The van der Waals surface area contributed by atoms with Crippen LogP contribution < -0.4 is 5.32 Å². The molecule has 184 valence electrons. The van der Waals surface area contributed by atoms with Crippen LogP contribution in [-0.4, -0.2) is 74.4 Å². The Morgan fingerprint density at radius 2 is 2.06 bits per heavy atom. The monoisotopic (exact) mass is 498 g/mol. The molecular weight excluding hydrogens is 471 g/mol. The van der Waals surface area contributed by atoms with Gasteiger partial charge in [-0.15, -0.1) is 0 Å². The third-order valence-corrected chi connectivity index (χ3v) is 8.82. The number of nitrogens with one attached hydrogen (secondary N) is 1. The molecule has 5 aliphatic rings. The molecule has 35 heavy (non-hydrogen) atoms. The van der Waals surface area contributed by atoms with Crippen molar-refractivity contribution in [3.63, 3.8) is 0 Å². The molecule has 2 saturated heterocycles. The molecule has 5 fully saturated rings. The van der Waals surface area contributed by atoms with Gasteiger partial charge in [0.2, 0.25) is 5.95 Å². The van der Waals surface area contributed by atoms with Gasteiger partial charge in [-0.1, -0.05) is 11.6 Å². The molecule has 2 aromatic heterocycles. The van der Waals surface area contributed by atoms with Crippen molar-refractivity contribution >= 4 is 34.1 Å². The molecule has 4 atom stereocenters. The van der Waals surface area contributed by atoms with E-state index >= 15 is 4.39 Å². The zero-order chi connectivity index (χ0) is 23.7. The number of hydrogen-bond acceptors (Lipinski definition) is 7. The molecule has 8 rings (SSSR count). The zero-order valence-electron chi connectivity index (χ0n) is 19.3. The van der Waals surface area contributed by atoms with Crippen LogP contribution in [0.1, 0.15) is 37.2 Å². The second-order valence-corrected chi connectivity index (χ2v) is 11.1. The van der Waals surface area contributed by atoms with E-state index in [4.69, 9.17) is 21.3 Å². The highest BCUT2D eigenvalue weighted by Gasteiger charge is 2.58. The number of halogens is 2. The number of likely N-dealkylation sites (tertiary alicyclic amines) is 1. The Balaban J connectivity index is 1.10. The van der Waals surface area contributed by atoms with E-state index < -0.39 is 12.3 Å². The number of piperidine rings is 1. The van der Waals surface area contributed by atoms with Gasteiger partial charge in [0.15, 0.2) is 0 Å². The molecule has 10 heteroatoms. The van der Waals surface area contributed by atoms with Crippen LogP contribution in [0.5, 0.6) is 0 Å². The van der Waals surface area contributed by atoms with E-state index in [-0.39, 0.29) is 24.0 Å². The number of hydrogen-bond donors (Lipinski definition) is 2. The van der Waals surface area contributed by atoms with Gasteiger partial charge >= 0.3 is 0 Å². The lowest BCUT2D eigenvalue weighted by molar-refractivity contribution is -0.0977. The average molecular weight is 499 g/mol. The van der Waals surface area contributed by atoms with Crippen molar-refractivity contribution in [2.24, 2.45) is 5.92 Å². The number of anilines is 2. The predicted molar refractivity (Wildman–Crippen MR) is 130 cm³/mol. The van der Waals surface area contributed by atoms with Crippen LogP contribution in [0.2, 0.25) is 5.02 Å². The molecule has 3 saturated carbocycles. The number of fused-ring (bicyclic) bond motifs is 1. The summed E-state index contributed by atoms with van der Waals surface area (Å²) in [7, 11) is 0. The van der Waals surface area contributed by atoms with Crippen molar-refractivity contribution in [1.82, 2.24) is 24.6 Å². The minimum Gasteiger partial charge on any atom is -0.389 e. The van der Waals surface area contributed by atoms with Crippen LogP contribution >= 0.6 is 11.6 Å². The highest BCUT2D eigenvalue weighted by molar-refractivity contribution is 6.32. The number of benzene rings is 1. The van der Waals surface area contributed by atoms with E-state index in [1.165, 1.54) is 19.3 Å². The first-order chi connectivity index (χ1) is 17.0. The molecule has 2 N–H and O–H groups in total. The van der Waals surface area contributed by atoms with Crippen molar-refractivity contribution in [2.45, 2.75) is 55.5 Å². The standard InChI is InChI=1S/C25H28ClFN6O2/c26-19-3-15-8-28-24(30-16-9-29-33(10-16)25-5-14(6-25)7-25)31-21(15)4-18(19)17-1-2-32(11-20(17)27)22-12-35-13-23(22)34/h3-4,8-10,14,17,20,22-23,34H,1-2,5-7,11-13H2,(H,28,30,31)/t14?,17-,20+,22?,23-,25?/m1/s1. The molecule has 3 aliphatic carbocycles. The summed E-state index contributed by atoms with van der Waals surface area (Å²) in [5.41, 5.74) is 2.60. The Bertz CT molecular complexity index is 1270. The van der Waals surface area contributed by atoms with Crippen LogP contribution in [0.25, 0.3) is 10.9 Å². The van der Waals surface area contributed by atoms with E-state index in [0.717, 1.165) is 28.1 Å². The minimum absolute atomic E-state index is 0.137. The second-order valence-electron chi connectivity index (χ2n) is 10.7. The van der Waals surface area contributed by atoms with Crippen molar-refractivity contribution < 1.29 is 14.2 Å². The number of nitrogens with zero attached hydrogens (tertiary/aromatic N) is 5. The van der Waals surface area contributed by atoms with Crippen LogP contribution in [0.3, 0.4) is 0 Å². The summed E-state index contributed by atoms with van der Waals surface area (Å²) in [5.74, 6) is 1.05. The van der Waals surface area contributed by atoms with Gasteiger partial charge in [0.05, 0.1) is 48.3 Å². The van der Waals surface area contributed by atoms with Crippen molar-refractivity contribution in [1.29, 1.82) is 0 Å². The maximum atomic E-state index is 15.4. The van der Waals surface area contributed by atoms with Gasteiger partial charge in [-0.2, -0.15) is 5.10 Å². The molecule has 2 bridgehead atoms. The predicted octanol–water partition coefficient (Wildman–Crippen LogP) is 3.62. The summed E-state index contributed by atoms with van der Waals surface area (Å²) in [5, 5.41) is 19.3. The van der Waals surface area contributed by atoms with Crippen LogP contribution in [0.15, 0.2) is 30.7 Å². The number of alkyl halides is 1. The number of aliphatic hydroxyl groups is 1. The number of aromatic nitrogens is 4. The van der Waals surface area contributed by atoms with E-state index in [2.05, 4.69) is 20.1 Å². The first kappa shape index (κ1) is 21.9. The van der Waals surface area contributed by atoms with Gasteiger partial charge in [0, 0.05) is 35.3 Å². The quantitative estimate of drug-likeness (QED) is 0.555. The highest BCUT2D eigenvalue weighted by atomic mass is 35.5. The van der Waals surface area contributed by atoms with Gasteiger partial charge in [-0.3, -0.25) is 9.58 Å². The van der Waals surface area contributed by atoms with Gasteiger partial charge in [0.1, 0.15) is 6.17 Å². The summed E-state index contributed by atoms with van der Waals surface area (Å²) in [6.07, 6.45) is 8.25. The fourth-order valence-corrected chi connectivity index (χ4v) is 6.67. The summed E-state index contributed by atoms with van der Waals surface area (Å²) < 4.78 is 22.8. The molecule has 1 unspecified atom stereocenters. The van der Waals surface area contributed by atoms with Crippen molar-refractivity contribution in [3.05, 3.63) is 41.3 Å². The van der Waals surface area contributed by atoms with Crippen LogP contribution in [0, 0.1) is 5.92 Å². The van der Waals surface area contributed by atoms with E-state index in [9.17, 15) is 5.11 Å². The maximum Gasteiger partial charge on any atom is 0.227 e. The lowest BCUT2D eigenvalue weighted by Gasteiger charge is -2.61. The van der Waals surface area contributed by atoms with Crippen molar-refractivity contribution in [3.8, 4) is 0 Å². The first-order valence-electron chi connectivity index (χ1n) is 12.4. The Hall–Kier alpha value is -2.33. The van der Waals surface area contributed by atoms with Gasteiger partial charge in [0.25, 0.3) is 0 Å². The number of rotatable bonds is 5. The fourth-order valence-electron chi connectivity index (χ4n) is 6.36. The normalized spacial score (nSPS) is 34.5. The van der Waals surface area contributed by atoms with Gasteiger partial charge in [-0.25, -0.2) is 14.4 Å². The lowest BCUT2D eigenvalue weighted by atomic mass is 9.50. The SMILES string of the molecule is O[C@@H]1COCC1N1CC[C@H](c2cc3nc(Nc4cnn(C56CC(C5)C6)c4)ncc3cc2Cl)[C@@H](F)C1. The summed E-state index contributed by atoms with van der Waals surface area (Å²) in [4.78, 5) is 11.1. The summed E-state index contributed by atoms with van der Waals surface area (Å²) in [6.45, 7) is 1.71. The molecule has 1 aromatic carbocycles. The van der Waals surface area contributed by atoms with Gasteiger partial charge in [-0.05, 0) is 55.8 Å². The maximum absolute atomic E-state index is 15.4. The van der Waals surface area contributed by atoms with Crippen LogP contribution in [-0.2, 0) is 10.3 Å². The second kappa shape index (κ2) is 8.09. The smallest absolute Gasteiger partial charge is 0.227 e. The third-order valence-electron chi connectivity index (χ3n) is 8.49. The molecule has 8 nitrogen and oxygen atoms in total. The number of ether oxygens (including phenoxy) is 1. The molecule has 3 aromatic rings. The van der Waals surface area contributed by atoms with Crippen LogP contribution in [0.4, 0.5) is 16.0 Å². The molecule has 0 amide bonds. The molecule has 4 heterocycles. The minimum atomic E-state index is -1.09. The Kier molecular flexibility index (Phi) is 5.07. The summed E-state index contributed by atoms with van der Waals surface area (Å²) >= 11 is 6.60.